The molecule has 2 saturated carbocycles. The van der Waals surface area contributed by atoms with Gasteiger partial charge in [0.25, 0.3) is 5.91 Å². The van der Waals surface area contributed by atoms with E-state index in [1.165, 1.54) is 32.1 Å². The van der Waals surface area contributed by atoms with Crippen LogP contribution in [0.4, 0.5) is 5.69 Å². The summed E-state index contributed by atoms with van der Waals surface area (Å²) in [5, 5.41) is 3.23. The number of carbonyl (C=O) groups is 1. The van der Waals surface area contributed by atoms with Crippen LogP contribution < -0.4 is 11.1 Å². The number of hydrogen-bond donors (Lipinski definition) is 2. The maximum absolute atomic E-state index is 12.5. The molecular formula is C18H26N2O2. The van der Waals surface area contributed by atoms with Gasteiger partial charge in [-0.3, -0.25) is 4.79 Å². The van der Waals surface area contributed by atoms with E-state index >= 15 is 0 Å². The maximum atomic E-state index is 12.5. The number of ether oxygens (including phenoxy) is 1. The van der Waals surface area contributed by atoms with E-state index in [-0.39, 0.29) is 17.4 Å². The Morgan fingerprint density at radius 2 is 2.14 bits per heavy atom. The first-order chi connectivity index (χ1) is 10.7. The smallest absolute Gasteiger partial charge is 0.251 e. The Kier molecular flexibility index (Phi) is 4.39. The summed E-state index contributed by atoms with van der Waals surface area (Å²) >= 11 is 0. The molecule has 1 spiro atoms. The zero-order valence-electron chi connectivity index (χ0n) is 13.3. The highest BCUT2D eigenvalue weighted by molar-refractivity contribution is 5.95. The minimum atomic E-state index is -0.0165. The van der Waals surface area contributed by atoms with Gasteiger partial charge in [0.2, 0.25) is 0 Å². The predicted molar refractivity (Wildman–Crippen MR) is 87.7 cm³/mol. The van der Waals surface area contributed by atoms with E-state index in [0.717, 1.165) is 13.0 Å². The molecule has 0 aromatic heterocycles. The van der Waals surface area contributed by atoms with Crippen molar-refractivity contribution in [1.29, 1.82) is 0 Å². The maximum Gasteiger partial charge on any atom is 0.251 e. The predicted octanol–water partition coefficient (Wildman–Crippen LogP) is 3.13. The first-order valence-corrected chi connectivity index (χ1v) is 8.44. The molecule has 120 valence electrons. The van der Waals surface area contributed by atoms with Gasteiger partial charge in [0, 0.05) is 29.3 Å². The van der Waals surface area contributed by atoms with Gasteiger partial charge in [-0.1, -0.05) is 25.3 Å². The van der Waals surface area contributed by atoms with Gasteiger partial charge in [0.05, 0.1) is 6.10 Å². The van der Waals surface area contributed by atoms with Crippen LogP contribution in [0.3, 0.4) is 0 Å². The van der Waals surface area contributed by atoms with Crippen LogP contribution in [0.5, 0.6) is 0 Å². The second-order valence-corrected chi connectivity index (χ2v) is 6.63. The van der Waals surface area contributed by atoms with Gasteiger partial charge in [0.1, 0.15) is 0 Å². The lowest BCUT2D eigenvalue weighted by molar-refractivity contribution is -0.146. The molecule has 2 fully saturated rings. The molecule has 2 atom stereocenters. The monoisotopic (exact) mass is 302 g/mol. The average Bonchev–Trinajstić information content (AvgIpc) is 2.54. The molecule has 1 amide bonds. The SMILES string of the molecule is CCOC1CC(NC(=O)c2cccc(N)c2)C12CCCCC2. The minimum absolute atomic E-state index is 0.0165. The molecule has 4 nitrogen and oxygen atoms in total. The Balaban J connectivity index is 1.70. The van der Waals surface area contributed by atoms with E-state index in [0.29, 0.717) is 17.4 Å². The van der Waals surface area contributed by atoms with Crippen LogP contribution in [0.25, 0.3) is 0 Å². The van der Waals surface area contributed by atoms with Gasteiger partial charge >= 0.3 is 0 Å². The lowest BCUT2D eigenvalue weighted by Crippen LogP contribution is -2.65. The van der Waals surface area contributed by atoms with Crippen molar-refractivity contribution in [3.05, 3.63) is 29.8 Å². The van der Waals surface area contributed by atoms with E-state index in [2.05, 4.69) is 12.2 Å². The average molecular weight is 302 g/mol. The van der Waals surface area contributed by atoms with Crippen LogP contribution in [-0.2, 0) is 4.74 Å². The summed E-state index contributed by atoms with van der Waals surface area (Å²) < 4.78 is 5.94. The van der Waals surface area contributed by atoms with Gasteiger partial charge in [0.15, 0.2) is 0 Å². The molecule has 1 aromatic carbocycles. The number of carbonyl (C=O) groups excluding carboxylic acids is 1. The van der Waals surface area contributed by atoms with Crippen molar-refractivity contribution in [1.82, 2.24) is 5.32 Å². The lowest BCUT2D eigenvalue weighted by Gasteiger charge is -2.57. The number of nitrogen functional groups attached to an aromatic ring is 1. The molecule has 3 rings (SSSR count). The first-order valence-electron chi connectivity index (χ1n) is 8.44. The number of benzene rings is 1. The van der Waals surface area contributed by atoms with E-state index < -0.39 is 0 Å². The fourth-order valence-corrected chi connectivity index (χ4v) is 4.19. The number of rotatable bonds is 4. The molecule has 0 heterocycles. The fourth-order valence-electron chi connectivity index (χ4n) is 4.19. The van der Waals surface area contributed by atoms with E-state index in [4.69, 9.17) is 10.5 Å². The molecule has 0 aliphatic heterocycles. The summed E-state index contributed by atoms with van der Waals surface area (Å²) in [6.07, 6.45) is 7.36. The highest BCUT2D eigenvalue weighted by Gasteiger charge is 2.56. The molecule has 1 aromatic rings. The van der Waals surface area contributed by atoms with Gasteiger partial charge < -0.3 is 15.8 Å². The number of nitrogens with two attached hydrogens (primary N) is 1. The summed E-state index contributed by atoms with van der Waals surface area (Å²) in [5.74, 6) is -0.0165. The number of anilines is 1. The van der Waals surface area contributed by atoms with Gasteiger partial charge in [-0.2, -0.15) is 0 Å². The minimum Gasteiger partial charge on any atom is -0.399 e. The molecule has 2 aliphatic rings. The van der Waals surface area contributed by atoms with Crippen LogP contribution >= 0.6 is 0 Å². The van der Waals surface area contributed by atoms with Crippen LogP contribution in [0.15, 0.2) is 24.3 Å². The Hall–Kier alpha value is -1.55. The Labute approximate surface area is 132 Å². The molecule has 4 heteroatoms. The third-order valence-electron chi connectivity index (χ3n) is 5.39. The van der Waals surface area contributed by atoms with Crippen LogP contribution in [-0.4, -0.2) is 24.7 Å². The van der Waals surface area contributed by atoms with Crippen molar-refractivity contribution in [3.8, 4) is 0 Å². The summed E-state index contributed by atoms with van der Waals surface area (Å²) in [4.78, 5) is 12.5. The molecule has 2 unspecified atom stereocenters. The summed E-state index contributed by atoms with van der Waals surface area (Å²) in [5.41, 5.74) is 7.20. The molecule has 0 bridgehead atoms. The van der Waals surface area contributed by atoms with Gasteiger partial charge in [-0.25, -0.2) is 0 Å². The molecule has 3 N–H and O–H groups in total. The third-order valence-corrected chi connectivity index (χ3v) is 5.39. The largest absolute Gasteiger partial charge is 0.399 e. The van der Waals surface area contributed by atoms with Crippen molar-refractivity contribution < 1.29 is 9.53 Å². The Morgan fingerprint density at radius 1 is 1.36 bits per heavy atom. The molecule has 22 heavy (non-hydrogen) atoms. The van der Waals surface area contributed by atoms with Gasteiger partial charge in [-0.15, -0.1) is 0 Å². The van der Waals surface area contributed by atoms with E-state index in [9.17, 15) is 4.79 Å². The fraction of sp³-hybridized carbons (Fsp3) is 0.611. The topological polar surface area (TPSA) is 64.3 Å². The van der Waals surface area contributed by atoms with Crippen molar-refractivity contribution in [2.24, 2.45) is 5.41 Å². The van der Waals surface area contributed by atoms with Crippen LogP contribution in [0.1, 0.15) is 55.8 Å². The Bertz CT molecular complexity index is 538. The van der Waals surface area contributed by atoms with E-state index in [1.807, 2.05) is 12.1 Å². The Morgan fingerprint density at radius 3 is 2.82 bits per heavy atom. The van der Waals surface area contributed by atoms with Crippen LogP contribution in [0.2, 0.25) is 0 Å². The van der Waals surface area contributed by atoms with Gasteiger partial charge in [-0.05, 0) is 44.4 Å². The highest BCUT2D eigenvalue weighted by atomic mass is 16.5. The quantitative estimate of drug-likeness (QED) is 0.840. The lowest BCUT2D eigenvalue weighted by atomic mass is 9.55. The van der Waals surface area contributed by atoms with Crippen molar-refractivity contribution >= 4 is 11.6 Å². The first kappa shape index (κ1) is 15.3. The zero-order valence-corrected chi connectivity index (χ0v) is 13.3. The summed E-state index contributed by atoms with van der Waals surface area (Å²) in [6.45, 7) is 2.80. The van der Waals surface area contributed by atoms with Crippen LogP contribution in [0, 0.1) is 5.41 Å². The number of amides is 1. The molecular weight excluding hydrogens is 276 g/mol. The standard InChI is InChI=1S/C18H26N2O2/c1-2-22-16-12-15(18(16)9-4-3-5-10-18)20-17(21)13-7-6-8-14(19)11-13/h6-8,11,15-16H,2-5,9-10,12,19H2,1H3,(H,20,21). The van der Waals surface area contributed by atoms with Crippen molar-refractivity contribution in [2.45, 2.75) is 57.6 Å². The second kappa shape index (κ2) is 6.29. The highest BCUT2D eigenvalue weighted by Crippen LogP contribution is 2.53. The molecule has 0 radical (unpaired) electrons. The normalized spacial score (nSPS) is 26.4. The second-order valence-electron chi connectivity index (χ2n) is 6.63. The number of hydrogen-bond acceptors (Lipinski definition) is 3. The van der Waals surface area contributed by atoms with E-state index in [1.54, 1.807) is 12.1 Å². The molecule has 0 saturated heterocycles. The van der Waals surface area contributed by atoms with Crippen molar-refractivity contribution in [3.63, 3.8) is 0 Å². The molecule has 2 aliphatic carbocycles. The number of nitrogens with one attached hydrogen (secondary N) is 1. The van der Waals surface area contributed by atoms with Crippen molar-refractivity contribution in [2.75, 3.05) is 12.3 Å². The summed E-state index contributed by atoms with van der Waals surface area (Å²) in [7, 11) is 0. The third kappa shape index (κ3) is 2.72. The zero-order chi connectivity index (χ0) is 15.6. The summed E-state index contributed by atoms with van der Waals surface area (Å²) in [6, 6.07) is 7.41.